The molecular weight excluding hydrogens is 442 g/mol. The molecule has 0 saturated heterocycles. The van der Waals surface area contributed by atoms with E-state index >= 15 is 0 Å². The summed E-state index contributed by atoms with van der Waals surface area (Å²) in [5, 5.41) is 16.1. The van der Waals surface area contributed by atoms with Crippen LogP contribution in [0.2, 0.25) is 0 Å². The van der Waals surface area contributed by atoms with Crippen LogP contribution in [0.25, 0.3) is 10.6 Å². The second-order valence-electron chi connectivity index (χ2n) is 7.12. The number of hydrogen-bond donors (Lipinski definition) is 3. The Morgan fingerprint density at radius 3 is 2.69 bits per heavy atom. The van der Waals surface area contributed by atoms with Crippen LogP contribution in [0.5, 0.6) is 5.75 Å². The van der Waals surface area contributed by atoms with Gasteiger partial charge in [-0.1, -0.05) is 23.9 Å². The van der Waals surface area contributed by atoms with Crippen molar-refractivity contribution in [1.82, 2.24) is 10.3 Å². The molecule has 0 bridgehead atoms. The lowest BCUT2D eigenvalue weighted by Gasteiger charge is -2.09. The highest BCUT2D eigenvalue weighted by molar-refractivity contribution is 7.99. The molecule has 3 aromatic carbocycles. The van der Waals surface area contributed by atoms with Crippen molar-refractivity contribution in [3.8, 4) is 16.3 Å². The van der Waals surface area contributed by atoms with Crippen molar-refractivity contribution < 1.29 is 14.7 Å². The summed E-state index contributed by atoms with van der Waals surface area (Å²) >= 11 is 2.98. The van der Waals surface area contributed by atoms with E-state index in [1.54, 1.807) is 48.7 Å². The predicted molar refractivity (Wildman–Crippen MR) is 125 cm³/mol. The normalized spacial score (nSPS) is 12.3. The molecule has 2 heterocycles. The first-order valence-corrected chi connectivity index (χ1v) is 11.4. The number of carbonyl (C=O) groups is 2. The van der Waals surface area contributed by atoms with E-state index in [4.69, 9.17) is 0 Å². The number of anilines is 1. The monoisotopic (exact) mass is 459 g/mol. The highest BCUT2D eigenvalue weighted by Crippen LogP contribution is 2.39. The van der Waals surface area contributed by atoms with Crippen molar-refractivity contribution in [2.45, 2.75) is 16.3 Å². The zero-order valence-corrected chi connectivity index (χ0v) is 18.3. The summed E-state index contributed by atoms with van der Waals surface area (Å²) in [6, 6.07) is 19.6. The fourth-order valence-electron chi connectivity index (χ4n) is 3.31. The first-order valence-electron chi connectivity index (χ1n) is 9.81. The van der Waals surface area contributed by atoms with Crippen molar-refractivity contribution in [2.75, 3.05) is 5.32 Å². The summed E-state index contributed by atoms with van der Waals surface area (Å²) in [5.74, 6) is -0.207. The lowest BCUT2D eigenvalue weighted by atomic mass is 10.1. The largest absolute Gasteiger partial charge is 0.508 e. The first-order chi connectivity index (χ1) is 15.6. The molecule has 1 aliphatic rings. The Bertz CT molecular complexity index is 1330. The van der Waals surface area contributed by atoms with Gasteiger partial charge in [0.2, 0.25) is 0 Å². The smallest absolute Gasteiger partial charge is 0.256 e. The minimum absolute atomic E-state index is 0.184. The van der Waals surface area contributed by atoms with Crippen molar-refractivity contribution in [1.29, 1.82) is 0 Å². The fraction of sp³-hybridized carbons (Fsp3) is 0.0417. The molecule has 4 aromatic rings. The predicted octanol–water partition coefficient (Wildman–Crippen LogP) is 5.16. The third-order valence-electron chi connectivity index (χ3n) is 4.93. The Morgan fingerprint density at radius 2 is 1.84 bits per heavy atom. The molecule has 5 rings (SSSR count). The van der Waals surface area contributed by atoms with E-state index in [2.05, 4.69) is 15.6 Å². The maximum absolute atomic E-state index is 12.7. The van der Waals surface area contributed by atoms with Crippen LogP contribution in [-0.2, 0) is 6.54 Å². The number of aromatic nitrogens is 1. The Kier molecular flexibility index (Phi) is 5.38. The van der Waals surface area contributed by atoms with Gasteiger partial charge in [0.25, 0.3) is 11.8 Å². The third-order valence-corrected chi connectivity index (χ3v) is 7.13. The summed E-state index contributed by atoms with van der Waals surface area (Å²) in [7, 11) is 0. The molecule has 3 N–H and O–H groups in total. The summed E-state index contributed by atoms with van der Waals surface area (Å²) in [4.78, 5) is 32.4. The second kappa shape index (κ2) is 8.49. The summed E-state index contributed by atoms with van der Waals surface area (Å²) in [6.07, 6.45) is 1.73. The van der Waals surface area contributed by atoms with Crippen molar-refractivity contribution in [3.63, 3.8) is 0 Å². The molecule has 2 amide bonds. The summed E-state index contributed by atoms with van der Waals surface area (Å²) in [5.41, 5.74) is 2.62. The molecule has 8 heteroatoms. The molecule has 0 unspecified atom stereocenters. The molecule has 6 nitrogen and oxygen atoms in total. The highest BCUT2D eigenvalue weighted by Gasteiger charge is 2.20. The molecule has 0 spiro atoms. The lowest BCUT2D eigenvalue weighted by Crippen LogP contribution is -2.22. The van der Waals surface area contributed by atoms with Gasteiger partial charge in [0.15, 0.2) is 0 Å². The zero-order valence-electron chi connectivity index (χ0n) is 16.7. The van der Waals surface area contributed by atoms with Gasteiger partial charge in [-0.15, -0.1) is 11.3 Å². The minimum atomic E-state index is -0.228. The molecule has 0 fully saturated rings. The number of carbonyl (C=O) groups excluding carboxylic acids is 2. The number of rotatable bonds is 4. The number of nitrogens with one attached hydrogen (secondary N) is 2. The zero-order chi connectivity index (χ0) is 22.1. The van der Waals surface area contributed by atoms with Gasteiger partial charge in [0.1, 0.15) is 10.8 Å². The van der Waals surface area contributed by atoms with Gasteiger partial charge in [-0.2, -0.15) is 0 Å². The molecule has 158 valence electrons. The number of thiazole rings is 1. The number of benzene rings is 3. The average molecular weight is 460 g/mol. The number of nitrogens with zero attached hydrogens (tertiary/aromatic N) is 1. The van der Waals surface area contributed by atoms with Gasteiger partial charge in [-0.25, -0.2) is 4.98 Å². The van der Waals surface area contributed by atoms with E-state index in [9.17, 15) is 14.7 Å². The maximum atomic E-state index is 12.7. The van der Waals surface area contributed by atoms with Crippen molar-refractivity contribution in [2.24, 2.45) is 0 Å². The Morgan fingerprint density at radius 1 is 1.03 bits per heavy atom. The number of phenols is 1. The molecule has 1 aromatic heterocycles. The molecule has 32 heavy (non-hydrogen) atoms. The van der Waals surface area contributed by atoms with E-state index < -0.39 is 0 Å². The maximum Gasteiger partial charge on any atom is 0.256 e. The van der Waals surface area contributed by atoms with Crippen molar-refractivity contribution >= 4 is 40.6 Å². The molecule has 0 aliphatic carbocycles. The molecule has 0 saturated carbocycles. The minimum Gasteiger partial charge on any atom is -0.508 e. The summed E-state index contributed by atoms with van der Waals surface area (Å²) in [6.45, 7) is 0.345. The summed E-state index contributed by atoms with van der Waals surface area (Å²) < 4.78 is 0. The van der Waals surface area contributed by atoms with Gasteiger partial charge in [-0.3, -0.25) is 9.59 Å². The van der Waals surface area contributed by atoms with Crippen LogP contribution in [0.15, 0.2) is 82.7 Å². The number of hydrogen-bond acceptors (Lipinski definition) is 6. The van der Waals surface area contributed by atoms with Crippen LogP contribution < -0.4 is 10.6 Å². The van der Waals surface area contributed by atoms with E-state index in [1.165, 1.54) is 23.1 Å². The standard InChI is InChI=1S/C24H17N3O3S2/c28-16-8-5-14(6-9-16)24-26-13-17(31-24)12-25-22(29)15-7-10-21-19(11-15)27-23(30)18-3-1-2-4-20(18)32-21/h1-11,13,28H,12H2,(H,25,29)(H,27,30). The Labute approximate surface area is 192 Å². The van der Waals surface area contributed by atoms with E-state index in [-0.39, 0.29) is 17.6 Å². The third kappa shape index (κ3) is 4.10. The molecule has 0 atom stereocenters. The number of aromatic hydroxyl groups is 1. The lowest BCUT2D eigenvalue weighted by molar-refractivity contribution is 0.0949. The first kappa shape index (κ1) is 20.3. The van der Waals surface area contributed by atoms with Gasteiger partial charge >= 0.3 is 0 Å². The molecular formula is C24H17N3O3S2. The second-order valence-corrected chi connectivity index (χ2v) is 9.32. The van der Waals surface area contributed by atoms with E-state index in [1.807, 2.05) is 24.3 Å². The van der Waals surface area contributed by atoms with Crippen LogP contribution in [-0.4, -0.2) is 21.9 Å². The van der Waals surface area contributed by atoms with Crippen molar-refractivity contribution in [3.05, 3.63) is 88.9 Å². The average Bonchev–Trinajstić information content (AvgIpc) is 3.23. The van der Waals surface area contributed by atoms with Crippen LogP contribution in [0, 0.1) is 0 Å². The van der Waals surface area contributed by atoms with Gasteiger partial charge < -0.3 is 15.7 Å². The van der Waals surface area contributed by atoms with Crippen LogP contribution in [0.4, 0.5) is 5.69 Å². The topological polar surface area (TPSA) is 91.3 Å². The van der Waals surface area contributed by atoms with Crippen LogP contribution >= 0.6 is 23.1 Å². The van der Waals surface area contributed by atoms with Gasteiger partial charge in [0.05, 0.1) is 17.8 Å². The van der Waals surface area contributed by atoms with Gasteiger partial charge in [-0.05, 0) is 54.6 Å². The Balaban J connectivity index is 1.28. The Hall–Kier alpha value is -3.62. The number of phenolic OH excluding ortho intramolecular Hbond substituents is 1. The van der Waals surface area contributed by atoms with E-state index in [0.717, 1.165) is 25.2 Å². The number of fused-ring (bicyclic) bond motifs is 2. The van der Waals surface area contributed by atoms with E-state index in [0.29, 0.717) is 23.4 Å². The SMILES string of the molecule is O=C(NCc1cnc(-c2ccc(O)cc2)s1)c1ccc2c(c1)NC(=O)c1ccccc1S2. The number of amides is 2. The van der Waals surface area contributed by atoms with Crippen LogP contribution in [0.3, 0.4) is 0 Å². The fourth-order valence-corrected chi connectivity index (χ4v) is 5.17. The van der Waals surface area contributed by atoms with Gasteiger partial charge in [0, 0.05) is 32.0 Å². The highest BCUT2D eigenvalue weighted by atomic mass is 32.2. The molecule has 1 aliphatic heterocycles. The van der Waals surface area contributed by atoms with Crippen LogP contribution in [0.1, 0.15) is 25.6 Å². The quantitative estimate of drug-likeness (QED) is 0.392. The molecule has 0 radical (unpaired) electrons.